The van der Waals surface area contributed by atoms with Gasteiger partial charge in [0.05, 0.1) is 36.9 Å². The van der Waals surface area contributed by atoms with E-state index in [2.05, 4.69) is 0 Å². The molecule has 1 atom stereocenters. The van der Waals surface area contributed by atoms with Crippen molar-refractivity contribution in [2.75, 3.05) is 12.0 Å². The van der Waals surface area contributed by atoms with Gasteiger partial charge in [0.2, 0.25) is 15.9 Å². The standard InChI is InChI=1S/C22H20N2O6S/c1-29-17-11-9-16(10-12-17)24-21(25)14-20(22(24)26)23(15-18-6-5-13-30-18)31(27,28)19-7-3-2-4-8-19/h2-13,20H,14-15H2,1H3. The topological polar surface area (TPSA) is 97.1 Å². The Hall–Kier alpha value is -3.43. The summed E-state index contributed by atoms with van der Waals surface area (Å²) < 4.78 is 38.3. The van der Waals surface area contributed by atoms with Crippen LogP contribution in [0.15, 0.2) is 82.3 Å². The molecule has 0 radical (unpaired) electrons. The fourth-order valence-electron chi connectivity index (χ4n) is 3.49. The maximum atomic E-state index is 13.4. The number of carbonyl (C=O) groups excluding carboxylic acids is 2. The second kappa shape index (κ2) is 8.37. The van der Waals surface area contributed by atoms with E-state index in [0.29, 0.717) is 17.2 Å². The van der Waals surface area contributed by atoms with Crippen LogP contribution in [-0.2, 0) is 26.2 Å². The summed E-state index contributed by atoms with van der Waals surface area (Å²) in [6.07, 6.45) is 1.16. The molecule has 1 fully saturated rings. The second-order valence-electron chi connectivity index (χ2n) is 6.93. The average molecular weight is 440 g/mol. The molecule has 4 rings (SSSR count). The van der Waals surface area contributed by atoms with Crippen LogP contribution >= 0.6 is 0 Å². The van der Waals surface area contributed by atoms with Crippen molar-refractivity contribution in [3.8, 4) is 5.75 Å². The third kappa shape index (κ3) is 3.97. The smallest absolute Gasteiger partial charge is 0.252 e. The average Bonchev–Trinajstić information content (AvgIpc) is 3.40. The van der Waals surface area contributed by atoms with Gasteiger partial charge in [0.25, 0.3) is 5.91 Å². The maximum Gasteiger partial charge on any atom is 0.252 e. The van der Waals surface area contributed by atoms with Gasteiger partial charge < -0.3 is 9.15 Å². The third-order valence-corrected chi connectivity index (χ3v) is 6.91. The molecule has 2 amide bonds. The number of nitrogens with zero attached hydrogens (tertiary/aromatic N) is 2. The van der Waals surface area contributed by atoms with E-state index in [0.717, 1.165) is 9.21 Å². The Kier molecular flexibility index (Phi) is 5.62. The van der Waals surface area contributed by atoms with E-state index in [1.54, 1.807) is 54.6 Å². The molecule has 31 heavy (non-hydrogen) atoms. The summed E-state index contributed by atoms with van der Waals surface area (Å²) in [7, 11) is -2.57. The molecule has 1 aliphatic rings. The number of hydrogen-bond acceptors (Lipinski definition) is 6. The van der Waals surface area contributed by atoms with Crippen LogP contribution in [0.1, 0.15) is 12.2 Å². The number of benzene rings is 2. The molecule has 0 N–H and O–H groups in total. The monoisotopic (exact) mass is 440 g/mol. The number of sulfonamides is 1. The van der Waals surface area contributed by atoms with Crippen LogP contribution in [0.4, 0.5) is 5.69 Å². The molecular weight excluding hydrogens is 420 g/mol. The third-order valence-electron chi connectivity index (χ3n) is 5.04. The summed E-state index contributed by atoms with van der Waals surface area (Å²) >= 11 is 0. The van der Waals surface area contributed by atoms with Gasteiger partial charge in [-0.3, -0.25) is 9.59 Å². The summed E-state index contributed by atoms with van der Waals surface area (Å²) in [4.78, 5) is 27.1. The molecule has 1 saturated heterocycles. The van der Waals surface area contributed by atoms with Gasteiger partial charge in [-0.2, -0.15) is 4.31 Å². The van der Waals surface area contributed by atoms with E-state index in [1.807, 2.05) is 0 Å². The van der Waals surface area contributed by atoms with Gasteiger partial charge in [0.15, 0.2) is 0 Å². The van der Waals surface area contributed by atoms with Crippen molar-refractivity contribution >= 4 is 27.5 Å². The molecule has 2 aromatic carbocycles. The molecule has 1 unspecified atom stereocenters. The minimum Gasteiger partial charge on any atom is -0.497 e. The maximum absolute atomic E-state index is 13.4. The number of amides is 2. The van der Waals surface area contributed by atoms with E-state index in [-0.39, 0.29) is 17.9 Å². The first kappa shape index (κ1) is 20.8. The van der Waals surface area contributed by atoms with Gasteiger partial charge in [-0.15, -0.1) is 0 Å². The quantitative estimate of drug-likeness (QED) is 0.524. The van der Waals surface area contributed by atoms with Crippen molar-refractivity contribution in [2.45, 2.75) is 23.9 Å². The first-order valence-electron chi connectivity index (χ1n) is 9.52. The fraction of sp³-hybridized carbons (Fsp3) is 0.182. The summed E-state index contributed by atoms with van der Waals surface area (Å²) in [6, 6.07) is 16.3. The highest BCUT2D eigenvalue weighted by molar-refractivity contribution is 7.89. The zero-order valence-corrected chi connectivity index (χ0v) is 17.5. The van der Waals surface area contributed by atoms with Crippen molar-refractivity contribution in [1.82, 2.24) is 4.31 Å². The highest BCUT2D eigenvalue weighted by Crippen LogP contribution is 2.31. The first-order chi connectivity index (χ1) is 14.9. The lowest BCUT2D eigenvalue weighted by Crippen LogP contribution is -2.45. The second-order valence-corrected chi connectivity index (χ2v) is 8.82. The summed E-state index contributed by atoms with van der Waals surface area (Å²) in [5, 5.41) is 0. The number of carbonyl (C=O) groups is 2. The number of imide groups is 1. The van der Waals surface area contributed by atoms with Crippen molar-refractivity contribution in [2.24, 2.45) is 0 Å². The molecule has 2 heterocycles. The lowest BCUT2D eigenvalue weighted by Gasteiger charge is -2.26. The molecule has 160 valence electrons. The number of anilines is 1. The van der Waals surface area contributed by atoms with Crippen molar-refractivity contribution < 1.29 is 27.2 Å². The Morgan fingerprint density at radius 2 is 1.74 bits per heavy atom. The number of ether oxygens (including phenoxy) is 1. The van der Waals surface area contributed by atoms with Crippen LogP contribution < -0.4 is 9.64 Å². The van der Waals surface area contributed by atoms with Gasteiger partial charge in [0, 0.05) is 0 Å². The summed E-state index contributed by atoms with van der Waals surface area (Å²) in [5.74, 6) is -0.151. The highest BCUT2D eigenvalue weighted by atomic mass is 32.2. The van der Waals surface area contributed by atoms with Gasteiger partial charge >= 0.3 is 0 Å². The van der Waals surface area contributed by atoms with Crippen molar-refractivity contribution in [3.63, 3.8) is 0 Å². The zero-order valence-electron chi connectivity index (χ0n) is 16.7. The van der Waals surface area contributed by atoms with Crippen molar-refractivity contribution in [1.29, 1.82) is 0 Å². The Morgan fingerprint density at radius 3 is 2.35 bits per heavy atom. The predicted octanol–water partition coefficient (Wildman–Crippen LogP) is 2.81. The molecule has 9 heteroatoms. The van der Waals surface area contributed by atoms with Gasteiger partial charge in [0.1, 0.15) is 17.6 Å². The Bertz CT molecular complexity index is 1170. The van der Waals surface area contributed by atoms with E-state index in [1.165, 1.54) is 25.5 Å². The van der Waals surface area contributed by atoms with Crippen LogP contribution in [0.5, 0.6) is 5.75 Å². The predicted molar refractivity (Wildman–Crippen MR) is 112 cm³/mol. The largest absolute Gasteiger partial charge is 0.497 e. The molecule has 8 nitrogen and oxygen atoms in total. The molecule has 0 aliphatic carbocycles. The molecule has 1 aromatic heterocycles. The number of rotatable bonds is 7. The van der Waals surface area contributed by atoms with E-state index >= 15 is 0 Å². The molecule has 0 bridgehead atoms. The molecule has 0 spiro atoms. The van der Waals surface area contributed by atoms with Gasteiger partial charge in [-0.25, -0.2) is 13.3 Å². The zero-order chi connectivity index (χ0) is 22.0. The molecular formula is C22H20N2O6S. The van der Waals surface area contributed by atoms with Crippen LogP contribution in [0, 0.1) is 0 Å². The Labute approximate surface area is 179 Å². The lowest BCUT2D eigenvalue weighted by molar-refractivity contribution is -0.122. The lowest BCUT2D eigenvalue weighted by atomic mass is 10.2. The summed E-state index contributed by atoms with van der Waals surface area (Å²) in [5.41, 5.74) is 0.355. The Morgan fingerprint density at radius 1 is 1.03 bits per heavy atom. The SMILES string of the molecule is COc1ccc(N2C(=O)CC(N(Cc3ccco3)S(=O)(=O)c3ccccc3)C2=O)cc1. The van der Waals surface area contributed by atoms with Crippen LogP contribution in [-0.4, -0.2) is 37.7 Å². The minimum absolute atomic E-state index is 0.0321. The van der Waals surface area contributed by atoms with Gasteiger partial charge in [-0.05, 0) is 48.5 Å². The first-order valence-corrected chi connectivity index (χ1v) is 11.0. The number of hydrogen-bond donors (Lipinski definition) is 0. The minimum atomic E-state index is -4.08. The molecule has 1 aliphatic heterocycles. The van der Waals surface area contributed by atoms with E-state index < -0.39 is 27.9 Å². The van der Waals surface area contributed by atoms with E-state index in [4.69, 9.17) is 9.15 Å². The normalized spacial score (nSPS) is 16.8. The van der Waals surface area contributed by atoms with Crippen LogP contribution in [0.25, 0.3) is 0 Å². The van der Waals surface area contributed by atoms with Crippen molar-refractivity contribution in [3.05, 3.63) is 78.8 Å². The van der Waals surface area contributed by atoms with Crippen LogP contribution in [0.3, 0.4) is 0 Å². The molecule has 3 aromatic rings. The highest BCUT2D eigenvalue weighted by Gasteiger charge is 2.47. The summed E-state index contributed by atoms with van der Waals surface area (Å²) in [6.45, 7) is -0.176. The van der Waals surface area contributed by atoms with Gasteiger partial charge in [-0.1, -0.05) is 18.2 Å². The van der Waals surface area contributed by atoms with E-state index in [9.17, 15) is 18.0 Å². The number of methoxy groups -OCH3 is 1. The Balaban J connectivity index is 1.71. The van der Waals surface area contributed by atoms with Crippen LogP contribution in [0.2, 0.25) is 0 Å². The molecule has 0 saturated carbocycles. The number of furan rings is 1. The fourth-order valence-corrected chi connectivity index (χ4v) is 5.06.